The van der Waals surface area contributed by atoms with E-state index in [0.29, 0.717) is 22.8 Å². The van der Waals surface area contributed by atoms with Crippen molar-refractivity contribution < 1.29 is 9.72 Å². The van der Waals surface area contributed by atoms with Gasteiger partial charge in [0.05, 0.1) is 17.2 Å². The molecule has 0 saturated carbocycles. The molecule has 0 N–H and O–H groups in total. The second-order valence-electron chi connectivity index (χ2n) is 4.87. The molecule has 1 amide bonds. The molecule has 22 heavy (non-hydrogen) atoms. The molecule has 0 unspecified atom stereocenters. The summed E-state index contributed by atoms with van der Waals surface area (Å²) in [6.07, 6.45) is 0.750. The van der Waals surface area contributed by atoms with Gasteiger partial charge in [-0.2, -0.15) is 0 Å². The summed E-state index contributed by atoms with van der Waals surface area (Å²) in [5.41, 5.74) is 2.13. The van der Waals surface area contributed by atoms with Gasteiger partial charge in [0.15, 0.2) is 0 Å². The van der Waals surface area contributed by atoms with E-state index in [-0.39, 0.29) is 5.57 Å². The van der Waals surface area contributed by atoms with Gasteiger partial charge in [-0.25, -0.2) is 0 Å². The second kappa shape index (κ2) is 5.61. The largest absolute Gasteiger partial charge is 0.303 e. The highest BCUT2D eigenvalue weighted by atomic mass is 35.5. The van der Waals surface area contributed by atoms with Crippen LogP contribution in [0.25, 0.3) is 5.57 Å². The van der Waals surface area contributed by atoms with Crippen LogP contribution in [0.2, 0.25) is 5.02 Å². The van der Waals surface area contributed by atoms with Crippen LogP contribution in [0.3, 0.4) is 0 Å². The first-order chi connectivity index (χ1) is 10.6. The van der Waals surface area contributed by atoms with E-state index in [0.717, 1.165) is 11.8 Å². The van der Waals surface area contributed by atoms with E-state index in [4.69, 9.17) is 11.6 Å². The third-order valence-corrected chi connectivity index (χ3v) is 3.67. The smallest absolute Gasteiger partial charge is 0.265 e. The van der Waals surface area contributed by atoms with Crippen molar-refractivity contribution in [1.82, 2.24) is 0 Å². The third kappa shape index (κ3) is 2.58. The predicted octanol–water partition coefficient (Wildman–Crippen LogP) is 3.50. The SMILES string of the molecule is O=C1/C(=C/[N+](=O)[O-])c2ccc(Cl)cc2N1Cc1ccccc1. The Morgan fingerprint density at radius 3 is 2.59 bits per heavy atom. The Morgan fingerprint density at radius 1 is 1.18 bits per heavy atom. The Kier molecular flexibility index (Phi) is 3.65. The molecule has 0 aromatic heterocycles. The van der Waals surface area contributed by atoms with E-state index in [1.54, 1.807) is 18.2 Å². The number of carbonyl (C=O) groups is 1. The normalized spacial score (nSPS) is 15.2. The lowest BCUT2D eigenvalue weighted by Crippen LogP contribution is -2.25. The summed E-state index contributed by atoms with van der Waals surface area (Å²) >= 11 is 6.00. The predicted molar refractivity (Wildman–Crippen MR) is 84.1 cm³/mol. The number of rotatable bonds is 3. The number of fused-ring (bicyclic) bond motifs is 1. The van der Waals surface area contributed by atoms with Gasteiger partial charge in [0.1, 0.15) is 5.57 Å². The van der Waals surface area contributed by atoms with Gasteiger partial charge in [0.25, 0.3) is 5.91 Å². The van der Waals surface area contributed by atoms with E-state index >= 15 is 0 Å². The van der Waals surface area contributed by atoms with Crippen molar-refractivity contribution in [2.75, 3.05) is 4.90 Å². The van der Waals surface area contributed by atoms with E-state index in [1.165, 1.54) is 4.90 Å². The molecule has 1 aliphatic rings. The lowest BCUT2D eigenvalue weighted by molar-refractivity contribution is -0.401. The highest BCUT2D eigenvalue weighted by molar-refractivity contribution is 6.34. The number of nitrogens with zero attached hydrogens (tertiary/aromatic N) is 2. The average molecular weight is 315 g/mol. The van der Waals surface area contributed by atoms with Gasteiger partial charge in [-0.15, -0.1) is 0 Å². The summed E-state index contributed by atoms with van der Waals surface area (Å²) < 4.78 is 0. The molecular weight excluding hydrogens is 304 g/mol. The molecule has 1 heterocycles. The number of anilines is 1. The molecule has 3 rings (SSSR count). The highest BCUT2D eigenvalue weighted by Crippen LogP contribution is 2.39. The van der Waals surface area contributed by atoms with Crippen LogP contribution in [-0.4, -0.2) is 10.8 Å². The first kappa shape index (κ1) is 14.3. The summed E-state index contributed by atoms with van der Waals surface area (Å²) in [6.45, 7) is 0.335. The maximum Gasteiger partial charge on any atom is 0.265 e. The maximum atomic E-state index is 12.5. The Labute approximate surface area is 131 Å². The molecule has 0 saturated heterocycles. The van der Waals surface area contributed by atoms with Crippen molar-refractivity contribution in [3.63, 3.8) is 0 Å². The lowest BCUT2D eigenvalue weighted by atomic mass is 10.1. The molecule has 0 spiro atoms. The summed E-state index contributed by atoms with van der Waals surface area (Å²) in [6, 6.07) is 14.3. The Hall–Kier alpha value is -2.66. The zero-order valence-corrected chi connectivity index (χ0v) is 12.2. The average Bonchev–Trinajstić information content (AvgIpc) is 2.73. The van der Waals surface area contributed by atoms with Crippen LogP contribution in [0, 0.1) is 10.1 Å². The Morgan fingerprint density at radius 2 is 1.91 bits per heavy atom. The molecule has 0 radical (unpaired) electrons. The number of amides is 1. The number of nitro groups is 1. The minimum Gasteiger partial charge on any atom is -0.303 e. The molecule has 2 aromatic rings. The van der Waals surface area contributed by atoms with Crippen LogP contribution < -0.4 is 4.90 Å². The van der Waals surface area contributed by atoms with Crippen molar-refractivity contribution >= 4 is 28.8 Å². The highest BCUT2D eigenvalue weighted by Gasteiger charge is 2.34. The fourth-order valence-corrected chi connectivity index (χ4v) is 2.65. The first-order valence-electron chi connectivity index (χ1n) is 6.57. The van der Waals surface area contributed by atoms with Crippen LogP contribution in [-0.2, 0) is 11.3 Å². The van der Waals surface area contributed by atoms with Crippen molar-refractivity contribution in [3.8, 4) is 0 Å². The Bertz CT molecular complexity index is 787. The summed E-state index contributed by atoms with van der Waals surface area (Å²) in [7, 11) is 0. The van der Waals surface area contributed by atoms with Crippen LogP contribution in [0.5, 0.6) is 0 Å². The standard InChI is InChI=1S/C16H11ClN2O3/c17-12-6-7-13-14(10-19(21)22)16(20)18(15(13)8-12)9-11-4-2-1-3-5-11/h1-8,10H,9H2/b14-10+. The lowest BCUT2D eigenvalue weighted by Gasteiger charge is -2.17. The van der Waals surface area contributed by atoms with Gasteiger partial charge < -0.3 is 4.90 Å². The fourth-order valence-electron chi connectivity index (χ4n) is 2.48. The number of benzene rings is 2. The Balaban J connectivity index is 2.07. The molecule has 110 valence electrons. The zero-order chi connectivity index (χ0) is 15.7. The number of hydrogen-bond acceptors (Lipinski definition) is 3. The van der Waals surface area contributed by atoms with Crippen LogP contribution in [0.1, 0.15) is 11.1 Å². The monoisotopic (exact) mass is 314 g/mol. The van der Waals surface area contributed by atoms with Gasteiger partial charge in [0, 0.05) is 10.6 Å². The van der Waals surface area contributed by atoms with Crippen molar-refractivity contribution in [3.05, 3.63) is 81.0 Å². The van der Waals surface area contributed by atoms with Crippen molar-refractivity contribution in [1.29, 1.82) is 0 Å². The van der Waals surface area contributed by atoms with E-state index in [1.807, 2.05) is 30.3 Å². The van der Waals surface area contributed by atoms with Gasteiger partial charge >= 0.3 is 0 Å². The summed E-state index contributed by atoms with van der Waals surface area (Å²) in [4.78, 5) is 24.2. The van der Waals surface area contributed by atoms with E-state index in [2.05, 4.69) is 0 Å². The third-order valence-electron chi connectivity index (χ3n) is 3.43. The molecule has 0 atom stereocenters. The number of halogens is 1. The molecule has 6 heteroatoms. The summed E-state index contributed by atoms with van der Waals surface area (Å²) in [5, 5.41) is 11.3. The fraction of sp³-hybridized carbons (Fsp3) is 0.0625. The maximum absolute atomic E-state index is 12.5. The molecule has 0 bridgehead atoms. The molecule has 1 aliphatic heterocycles. The van der Waals surface area contributed by atoms with Gasteiger partial charge in [0.2, 0.25) is 6.20 Å². The molecule has 0 aliphatic carbocycles. The summed E-state index contributed by atoms with van der Waals surface area (Å²) in [5.74, 6) is -0.391. The molecular formula is C16H11ClN2O3. The molecule has 2 aromatic carbocycles. The van der Waals surface area contributed by atoms with Gasteiger partial charge in [-0.3, -0.25) is 14.9 Å². The van der Waals surface area contributed by atoms with Crippen LogP contribution in [0.15, 0.2) is 54.7 Å². The minimum absolute atomic E-state index is 0.0765. The topological polar surface area (TPSA) is 63.4 Å². The van der Waals surface area contributed by atoms with Gasteiger partial charge in [-0.05, 0) is 17.7 Å². The van der Waals surface area contributed by atoms with E-state index in [9.17, 15) is 14.9 Å². The van der Waals surface area contributed by atoms with Crippen LogP contribution in [0.4, 0.5) is 5.69 Å². The first-order valence-corrected chi connectivity index (χ1v) is 6.95. The van der Waals surface area contributed by atoms with Crippen molar-refractivity contribution in [2.24, 2.45) is 0 Å². The quantitative estimate of drug-likeness (QED) is 0.495. The van der Waals surface area contributed by atoms with E-state index < -0.39 is 10.8 Å². The molecule has 0 fully saturated rings. The molecule has 5 nitrogen and oxygen atoms in total. The second-order valence-corrected chi connectivity index (χ2v) is 5.30. The van der Waals surface area contributed by atoms with Gasteiger partial charge in [-0.1, -0.05) is 48.0 Å². The zero-order valence-electron chi connectivity index (χ0n) is 11.4. The number of carbonyl (C=O) groups excluding carboxylic acids is 1. The van der Waals surface area contributed by atoms with Crippen LogP contribution >= 0.6 is 11.6 Å². The van der Waals surface area contributed by atoms with Crippen molar-refractivity contribution in [2.45, 2.75) is 6.54 Å². The number of hydrogen-bond donors (Lipinski definition) is 0. The minimum atomic E-state index is -0.613.